The number of pyridine rings is 1. The fraction of sp³-hybridized carbons (Fsp3) is 0.107. The molecule has 5 aromatic heterocycles. The summed E-state index contributed by atoms with van der Waals surface area (Å²) in [5, 5.41) is 5.40. The Morgan fingerprint density at radius 3 is 2.68 bits per heavy atom. The molecule has 2 aromatic carbocycles. The molecule has 0 saturated carbocycles. The fourth-order valence-electron chi connectivity index (χ4n) is 4.99. The first-order valence-electron chi connectivity index (χ1n) is 12.0. The van der Waals surface area contributed by atoms with E-state index in [0.29, 0.717) is 22.6 Å². The maximum Gasteiger partial charge on any atom is 0.197 e. The number of imidazole rings is 1. The number of H-pyrrole nitrogens is 1. The van der Waals surface area contributed by atoms with Crippen LogP contribution in [0.3, 0.4) is 0 Å². The summed E-state index contributed by atoms with van der Waals surface area (Å²) >= 11 is 0. The first-order valence-corrected chi connectivity index (χ1v) is 12.0. The number of nitrogens with zero attached hydrogens (tertiary/aromatic N) is 7. The molecule has 0 amide bonds. The van der Waals surface area contributed by atoms with Crippen LogP contribution in [0.4, 0.5) is 8.78 Å². The molecule has 0 fully saturated rings. The number of halogens is 2. The van der Waals surface area contributed by atoms with Crippen molar-refractivity contribution in [3.8, 4) is 22.4 Å². The normalized spacial score (nSPS) is 12.6. The highest BCUT2D eigenvalue weighted by atomic mass is 19.1. The average Bonchev–Trinajstić information content (AvgIpc) is 3.67. The molecule has 38 heavy (non-hydrogen) atoms. The highest BCUT2D eigenvalue weighted by molar-refractivity contribution is 5.94. The van der Waals surface area contributed by atoms with Crippen LogP contribution in [0, 0.1) is 11.6 Å². The number of fused-ring (bicyclic) bond motifs is 3. The van der Waals surface area contributed by atoms with Crippen molar-refractivity contribution in [2.45, 2.75) is 13.0 Å². The van der Waals surface area contributed by atoms with E-state index < -0.39 is 17.7 Å². The standard InChI is InChI=1S/C28H20F2N8/c1-15(25-21(29)9-23-20(26(25)30)8-16(10-32-23)17-11-35-37(2)13-17)38-14-34-27-28(38)36-24(12-33-27)18-4-3-5-22-19(18)6-7-31-22/h3-15,31H,1-2H3. The lowest BCUT2D eigenvalue weighted by molar-refractivity contribution is 0.517. The van der Waals surface area contributed by atoms with Crippen molar-refractivity contribution in [3.63, 3.8) is 0 Å². The first-order chi connectivity index (χ1) is 18.5. The molecule has 0 aliphatic heterocycles. The Morgan fingerprint density at radius 2 is 1.84 bits per heavy atom. The molecule has 1 atom stereocenters. The fourth-order valence-corrected chi connectivity index (χ4v) is 4.99. The van der Waals surface area contributed by atoms with E-state index in [2.05, 4.69) is 25.0 Å². The van der Waals surface area contributed by atoms with E-state index >= 15 is 8.78 Å². The Morgan fingerprint density at radius 1 is 0.947 bits per heavy atom. The summed E-state index contributed by atoms with van der Waals surface area (Å²) in [6, 6.07) is 10.0. The largest absolute Gasteiger partial charge is 0.361 e. The Balaban J connectivity index is 1.36. The molecule has 1 unspecified atom stereocenters. The van der Waals surface area contributed by atoms with Gasteiger partial charge in [-0.05, 0) is 25.1 Å². The summed E-state index contributed by atoms with van der Waals surface area (Å²) < 4.78 is 34.7. The lowest BCUT2D eigenvalue weighted by Gasteiger charge is -2.17. The van der Waals surface area contributed by atoms with Gasteiger partial charge in [0.15, 0.2) is 11.3 Å². The molecule has 0 aliphatic rings. The number of benzene rings is 2. The number of aryl methyl sites for hydroxylation is 1. The zero-order chi connectivity index (χ0) is 26.0. The second kappa shape index (κ2) is 8.27. The summed E-state index contributed by atoms with van der Waals surface area (Å²) in [6.07, 6.45) is 10.1. The summed E-state index contributed by atoms with van der Waals surface area (Å²) in [6.45, 7) is 1.72. The van der Waals surface area contributed by atoms with Gasteiger partial charge in [0, 0.05) is 70.2 Å². The van der Waals surface area contributed by atoms with Gasteiger partial charge in [0.2, 0.25) is 0 Å². The van der Waals surface area contributed by atoms with E-state index in [1.807, 2.05) is 36.7 Å². The predicted molar refractivity (Wildman–Crippen MR) is 140 cm³/mol. The van der Waals surface area contributed by atoms with Crippen LogP contribution in [0.5, 0.6) is 0 Å². The number of aromatic amines is 1. The minimum absolute atomic E-state index is 0.0955. The molecule has 5 heterocycles. The van der Waals surface area contributed by atoms with Crippen LogP contribution in [0.1, 0.15) is 18.5 Å². The number of rotatable bonds is 4. The van der Waals surface area contributed by atoms with Crippen LogP contribution in [0.2, 0.25) is 0 Å². The van der Waals surface area contributed by atoms with Gasteiger partial charge in [0.05, 0.1) is 36.0 Å². The van der Waals surface area contributed by atoms with Crippen LogP contribution >= 0.6 is 0 Å². The van der Waals surface area contributed by atoms with Gasteiger partial charge in [0.25, 0.3) is 0 Å². The molecule has 10 heteroatoms. The molecule has 0 spiro atoms. The molecule has 8 nitrogen and oxygen atoms in total. The minimum Gasteiger partial charge on any atom is -0.361 e. The Kier molecular flexibility index (Phi) is 4.84. The topological polar surface area (TPSA) is 90.1 Å². The molecule has 0 radical (unpaired) electrons. The van der Waals surface area contributed by atoms with Crippen molar-refractivity contribution in [3.05, 3.63) is 90.9 Å². The van der Waals surface area contributed by atoms with Crippen molar-refractivity contribution < 1.29 is 8.78 Å². The molecule has 7 rings (SSSR count). The summed E-state index contributed by atoms with van der Waals surface area (Å²) in [5.41, 5.74) is 4.97. The molecule has 0 bridgehead atoms. The lowest BCUT2D eigenvalue weighted by Crippen LogP contribution is -2.11. The number of hydrogen-bond donors (Lipinski definition) is 1. The highest BCUT2D eigenvalue weighted by Gasteiger charge is 2.24. The maximum absolute atomic E-state index is 16.0. The van der Waals surface area contributed by atoms with Gasteiger partial charge in [-0.3, -0.25) is 9.67 Å². The second-order valence-corrected chi connectivity index (χ2v) is 9.25. The van der Waals surface area contributed by atoms with Crippen molar-refractivity contribution in [1.29, 1.82) is 0 Å². The third-order valence-corrected chi connectivity index (χ3v) is 6.94. The molecule has 0 aliphatic carbocycles. The van der Waals surface area contributed by atoms with Crippen molar-refractivity contribution in [2.24, 2.45) is 7.05 Å². The van der Waals surface area contributed by atoms with Crippen LogP contribution in [-0.4, -0.2) is 39.3 Å². The Hall–Kier alpha value is -4.99. The van der Waals surface area contributed by atoms with Crippen molar-refractivity contribution in [2.75, 3.05) is 0 Å². The lowest BCUT2D eigenvalue weighted by atomic mass is 10.0. The third-order valence-electron chi connectivity index (χ3n) is 6.94. The monoisotopic (exact) mass is 506 g/mol. The van der Waals surface area contributed by atoms with E-state index in [-0.39, 0.29) is 16.5 Å². The smallest absolute Gasteiger partial charge is 0.197 e. The van der Waals surface area contributed by atoms with E-state index in [1.165, 1.54) is 12.4 Å². The molecule has 7 aromatic rings. The SMILES string of the molecule is CC(c1c(F)cc2ncc(-c3cnn(C)c3)cc2c1F)n1cnc2ncc(-c3cccc4[nH]ccc34)nc21. The first kappa shape index (κ1) is 22.2. The molecular formula is C28H20F2N8. The Bertz CT molecular complexity index is 2000. The van der Waals surface area contributed by atoms with E-state index in [1.54, 1.807) is 47.9 Å². The van der Waals surface area contributed by atoms with Gasteiger partial charge in [-0.1, -0.05) is 12.1 Å². The van der Waals surface area contributed by atoms with Crippen molar-refractivity contribution >= 4 is 33.1 Å². The molecule has 186 valence electrons. The molecular weight excluding hydrogens is 486 g/mol. The average molecular weight is 507 g/mol. The minimum atomic E-state index is -0.751. The summed E-state index contributed by atoms with van der Waals surface area (Å²) in [4.78, 5) is 21.1. The van der Waals surface area contributed by atoms with Gasteiger partial charge in [-0.15, -0.1) is 0 Å². The number of hydrogen-bond acceptors (Lipinski definition) is 5. The van der Waals surface area contributed by atoms with E-state index in [0.717, 1.165) is 22.0 Å². The van der Waals surface area contributed by atoms with Gasteiger partial charge < -0.3 is 9.55 Å². The van der Waals surface area contributed by atoms with Crippen LogP contribution < -0.4 is 0 Å². The van der Waals surface area contributed by atoms with Crippen LogP contribution in [-0.2, 0) is 7.05 Å². The van der Waals surface area contributed by atoms with Gasteiger partial charge >= 0.3 is 0 Å². The zero-order valence-electron chi connectivity index (χ0n) is 20.4. The van der Waals surface area contributed by atoms with Gasteiger partial charge in [0.1, 0.15) is 11.6 Å². The highest BCUT2D eigenvalue weighted by Crippen LogP contribution is 2.33. The summed E-state index contributed by atoms with van der Waals surface area (Å²) in [7, 11) is 1.80. The maximum atomic E-state index is 16.0. The number of aromatic nitrogens is 8. The second-order valence-electron chi connectivity index (χ2n) is 9.25. The van der Waals surface area contributed by atoms with E-state index in [4.69, 9.17) is 4.98 Å². The predicted octanol–water partition coefficient (Wildman–Crippen LogP) is 5.81. The van der Waals surface area contributed by atoms with Crippen LogP contribution in [0.25, 0.3) is 55.5 Å². The van der Waals surface area contributed by atoms with E-state index in [9.17, 15) is 0 Å². The van der Waals surface area contributed by atoms with Crippen molar-refractivity contribution in [1.82, 2.24) is 39.3 Å². The summed E-state index contributed by atoms with van der Waals surface area (Å²) in [5.74, 6) is -1.36. The Labute approximate surface area is 214 Å². The zero-order valence-corrected chi connectivity index (χ0v) is 20.4. The van der Waals surface area contributed by atoms with Gasteiger partial charge in [-0.25, -0.2) is 23.7 Å². The molecule has 1 N–H and O–H groups in total. The van der Waals surface area contributed by atoms with Crippen LogP contribution in [0.15, 0.2) is 73.7 Å². The quantitative estimate of drug-likeness (QED) is 0.325. The number of nitrogens with one attached hydrogen (secondary N) is 1. The molecule has 0 saturated heterocycles. The van der Waals surface area contributed by atoms with Gasteiger partial charge in [-0.2, -0.15) is 5.10 Å². The third kappa shape index (κ3) is 3.37.